The summed E-state index contributed by atoms with van der Waals surface area (Å²) < 4.78 is 5.57. The molecule has 5 heteroatoms. The van der Waals surface area contributed by atoms with E-state index >= 15 is 0 Å². The number of para-hydroxylation sites is 2. The first kappa shape index (κ1) is 19.1. The van der Waals surface area contributed by atoms with Crippen molar-refractivity contribution in [2.75, 3.05) is 24.0 Å². The Bertz CT molecular complexity index is 1310. The third-order valence-corrected chi connectivity index (χ3v) is 5.68. The quantitative estimate of drug-likeness (QED) is 0.434. The van der Waals surface area contributed by atoms with E-state index in [0.29, 0.717) is 17.6 Å². The summed E-state index contributed by atoms with van der Waals surface area (Å²) in [5, 5.41) is 7.79. The van der Waals surface area contributed by atoms with E-state index in [9.17, 15) is 4.79 Å². The van der Waals surface area contributed by atoms with Crippen molar-refractivity contribution in [2.45, 2.75) is 12.5 Å². The zero-order valence-electron chi connectivity index (χ0n) is 17.5. The maximum Gasteiger partial charge on any atom is 0.345 e. The van der Waals surface area contributed by atoms with Gasteiger partial charge in [0.25, 0.3) is 0 Å². The van der Waals surface area contributed by atoms with E-state index in [0.717, 1.165) is 28.0 Å². The highest BCUT2D eigenvalue weighted by atomic mass is 16.4. The largest absolute Gasteiger partial charge is 0.422 e. The van der Waals surface area contributed by atoms with Gasteiger partial charge in [0.05, 0.1) is 23.0 Å². The van der Waals surface area contributed by atoms with Crippen molar-refractivity contribution in [1.82, 2.24) is 0 Å². The fourth-order valence-electron chi connectivity index (χ4n) is 4.01. The monoisotopic (exact) mass is 409 g/mol. The molecule has 0 saturated heterocycles. The molecule has 2 heterocycles. The molecule has 31 heavy (non-hydrogen) atoms. The average Bonchev–Trinajstić information content (AvgIpc) is 3.24. The van der Waals surface area contributed by atoms with Gasteiger partial charge < -0.3 is 9.32 Å². The van der Waals surface area contributed by atoms with E-state index in [1.165, 1.54) is 0 Å². The molecule has 0 spiro atoms. The molecule has 1 aliphatic heterocycles. The molecule has 0 radical (unpaired) electrons. The number of hydrogen-bond acceptors (Lipinski definition) is 5. The molecule has 1 aliphatic rings. The third-order valence-electron chi connectivity index (χ3n) is 5.68. The van der Waals surface area contributed by atoms with Gasteiger partial charge in [-0.2, -0.15) is 5.10 Å². The molecule has 154 valence electrons. The SMILES string of the molecule is CN(C)c1ccc([C@@H]2CC(c3cc4ccccc4oc3=O)=NN2c2ccccc2)cc1. The zero-order valence-corrected chi connectivity index (χ0v) is 17.5. The highest BCUT2D eigenvalue weighted by Gasteiger charge is 2.31. The van der Waals surface area contributed by atoms with Crippen LogP contribution in [0.5, 0.6) is 0 Å². The van der Waals surface area contributed by atoms with Crippen LogP contribution in [0.4, 0.5) is 11.4 Å². The van der Waals surface area contributed by atoms with E-state index in [1.54, 1.807) is 0 Å². The molecule has 0 N–H and O–H groups in total. The second kappa shape index (κ2) is 7.76. The fourth-order valence-corrected chi connectivity index (χ4v) is 4.01. The van der Waals surface area contributed by atoms with Gasteiger partial charge in [0.2, 0.25) is 0 Å². The Kier molecular flexibility index (Phi) is 4.79. The summed E-state index contributed by atoms with van der Waals surface area (Å²) in [5.74, 6) is 0. The molecule has 0 aliphatic carbocycles. The molecule has 0 unspecified atom stereocenters. The number of hydrazone groups is 1. The van der Waals surface area contributed by atoms with E-state index in [4.69, 9.17) is 9.52 Å². The predicted octanol–water partition coefficient (Wildman–Crippen LogP) is 5.21. The fraction of sp³-hybridized carbons (Fsp3) is 0.154. The summed E-state index contributed by atoms with van der Waals surface area (Å²) >= 11 is 0. The Morgan fingerprint density at radius 2 is 1.65 bits per heavy atom. The second-order valence-electron chi connectivity index (χ2n) is 7.92. The van der Waals surface area contributed by atoms with Gasteiger partial charge in [-0.25, -0.2) is 4.79 Å². The molecular formula is C26H23N3O2. The lowest BCUT2D eigenvalue weighted by atomic mass is 9.98. The Balaban J connectivity index is 1.58. The van der Waals surface area contributed by atoms with Crippen molar-refractivity contribution < 1.29 is 4.42 Å². The maximum atomic E-state index is 12.8. The van der Waals surface area contributed by atoms with Crippen molar-refractivity contribution in [3.8, 4) is 0 Å². The van der Waals surface area contributed by atoms with Crippen LogP contribution in [0.15, 0.2) is 99.2 Å². The smallest absolute Gasteiger partial charge is 0.345 e. The molecule has 0 amide bonds. The minimum Gasteiger partial charge on any atom is -0.422 e. The molecular weight excluding hydrogens is 386 g/mol. The van der Waals surface area contributed by atoms with Crippen LogP contribution in [-0.2, 0) is 0 Å². The van der Waals surface area contributed by atoms with Gasteiger partial charge in [-0.15, -0.1) is 0 Å². The van der Waals surface area contributed by atoms with Crippen molar-refractivity contribution in [2.24, 2.45) is 5.10 Å². The van der Waals surface area contributed by atoms with Gasteiger partial charge in [0.15, 0.2) is 0 Å². The van der Waals surface area contributed by atoms with Gasteiger partial charge in [-0.1, -0.05) is 48.5 Å². The van der Waals surface area contributed by atoms with Crippen LogP contribution in [0.3, 0.4) is 0 Å². The summed E-state index contributed by atoms with van der Waals surface area (Å²) in [6.07, 6.45) is 0.624. The van der Waals surface area contributed by atoms with Crippen LogP contribution in [0.2, 0.25) is 0 Å². The van der Waals surface area contributed by atoms with Gasteiger partial charge in [0, 0.05) is 31.6 Å². The van der Waals surface area contributed by atoms with Gasteiger partial charge in [-0.05, 0) is 42.0 Å². The first-order valence-corrected chi connectivity index (χ1v) is 10.3. The maximum absolute atomic E-state index is 12.8. The van der Waals surface area contributed by atoms with E-state index in [2.05, 4.69) is 29.2 Å². The average molecular weight is 409 g/mol. The van der Waals surface area contributed by atoms with Crippen LogP contribution in [0.1, 0.15) is 23.6 Å². The Morgan fingerprint density at radius 1 is 0.935 bits per heavy atom. The van der Waals surface area contributed by atoms with Gasteiger partial charge >= 0.3 is 5.63 Å². The lowest BCUT2D eigenvalue weighted by molar-refractivity contribution is 0.559. The Morgan fingerprint density at radius 3 is 2.39 bits per heavy atom. The zero-order chi connectivity index (χ0) is 21.4. The summed E-state index contributed by atoms with van der Waals surface area (Å²) in [7, 11) is 4.06. The van der Waals surface area contributed by atoms with Crippen LogP contribution in [0.25, 0.3) is 11.0 Å². The predicted molar refractivity (Wildman–Crippen MR) is 126 cm³/mol. The summed E-state index contributed by atoms with van der Waals surface area (Å²) in [4.78, 5) is 14.8. The molecule has 5 nitrogen and oxygen atoms in total. The lowest BCUT2D eigenvalue weighted by Gasteiger charge is -2.24. The highest BCUT2D eigenvalue weighted by Crippen LogP contribution is 2.37. The first-order valence-electron chi connectivity index (χ1n) is 10.3. The van der Waals surface area contributed by atoms with Gasteiger partial charge in [-0.3, -0.25) is 5.01 Å². The van der Waals surface area contributed by atoms with Crippen LogP contribution in [-0.4, -0.2) is 19.8 Å². The number of benzene rings is 3. The van der Waals surface area contributed by atoms with Crippen LogP contribution < -0.4 is 15.5 Å². The summed E-state index contributed by atoms with van der Waals surface area (Å²) in [6.45, 7) is 0. The van der Waals surface area contributed by atoms with Crippen LogP contribution >= 0.6 is 0 Å². The Hall–Kier alpha value is -3.86. The van der Waals surface area contributed by atoms with E-state index in [1.807, 2.05) is 79.8 Å². The molecule has 0 saturated carbocycles. The number of hydrogen-bond donors (Lipinski definition) is 0. The van der Waals surface area contributed by atoms with Crippen LogP contribution in [0, 0.1) is 0 Å². The first-order chi connectivity index (χ1) is 15.1. The number of rotatable bonds is 4. The van der Waals surface area contributed by atoms with E-state index in [-0.39, 0.29) is 11.7 Å². The Labute approximate surface area is 180 Å². The summed E-state index contributed by atoms with van der Waals surface area (Å²) in [5.41, 5.74) is 4.78. The van der Waals surface area contributed by atoms with E-state index < -0.39 is 0 Å². The standard InChI is InChI=1S/C26H23N3O2/c1-28(2)20-14-12-18(13-15-20)24-17-23(27-29(24)21-9-4-3-5-10-21)22-16-19-8-6-7-11-25(19)31-26(22)30/h3-16,24H,17H2,1-2H3/t24-/m0/s1. The van der Waals surface area contributed by atoms with Crippen molar-refractivity contribution in [3.63, 3.8) is 0 Å². The normalized spacial score (nSPS) is 15.9. The molecule has 0 fully saturated rings. The lowest BCUT2D eigenvalue weighted by Crippen LogP contribution is -2.18. The number of nitrogens with zero attached hydrogens (tertiary/aromatic N) is 3. The van der Waals surface area contributed by atoms with Gasteiger partial charge in [0.1, 0.15) is 5.58 Å². The highest BCUT2D eigenvalue weighted by molar-refractivity contribution is 6.04. The number of anilines is 2. The molecule has 5 rings (SSSR count). The van der Waals surface area contributed by atoms with Crippen molar-refractivity contribution in [1.29, 1.82) is 0 Å². The molecule has 1 atom stereocenters. The molecule has 4 aromatic rings. The van der Waals surface area contributed by atoms with Crippen molar-refractivity contribution >= 4 is 28.1 Å². The molecule has 3 aromatic carbocycles. The second-order valence-corrected chi connectivity index (χ2v) is 7.92. The molecule has 1 aromatic heterocycles. The van der Waals surface area contributed by atoms with Crippen molar-refractivity contribution in [3.05, 3.63) is 106 Å². The summed E-state index contributed by atoms with van der Waals surface area (Å²) in [6, 6.07) is 28.0. The minimum atomic E-state index is -0.353. The molecule has 0 bridgehead atoms. The third kappa shape index (κ3) is 3.59. The minimum absolute atomic E-state index is 0.000479. The number of fused-ring (bicyclic) bond motifs is 1. The topological polar surface area (TPSA) is 49.1 Å².